The van der Waals surface area contributed by atoms with Crippen molar-refractivity contribution in [3.63, 3.8) is 0 Å². The maximum Gasteiger partial charge on any atom is 0.237 e. The van der Waals surface area contributed by atoms with Crippen molar-refractivity contribution in [2.45, 2.75) is 31.5 Å². The first kappa shape index (κ1) is 13.5. The highest BCUT2D eigenvalue weighted by Crippen LogP contribution is 2.14. The molecule has 1 aromatic carbocycles. The average Bonchev–Trinajstić information content (AvgIpc) is 2.85. The van der Waals surface area contributed by atoms with Crippen LogP contribution in [-0.2, 0) is 4.79 Å². The van der Waals surface area contributed by atoms with Crippen LogP contribution in [0.5, 0.6) is 0 Å². The van der Waals surface area contributed by atoms with Crippen LogP contribution < -0.4 is 10.6 Å². The summed E-state index contributed by atoms with van der Waals surface area (Å²) in [6, 6.07) is 8.74. The summed E-state index contributed by atoms with van der Waals surface area (Å²) in [5.74, 6) is -0.103. The van der Waals surface area contributed by atoms with Gasteiger partial charge in [-0.05, 0) is 31.0 Å². The van der Waals surface area contributed by atoms with E-state index in [4.69, 9.17) is 5.26 Å². The number of hydrogen-bond acceptors (Lipinski definition) is 4. The number of nitrogens with one attached hydrogen (secondary N) is 2. The van der Waals surface area contributed by atoms with Gasteiger partial charge in [-0.1, -0.05) is 12.1 Å². The number of nitrogens with zero attached hydrogens (tertiary/aromatic N) is 1. The summed E-state index contributed by atoms with van der Waals surface area (Å²) in [4.78, 5) is 12.0. The smallest absolute Gasteiger partial charge is 0.237 e. The highest BCUT2D eigenvalue weighted by atomic mass is 16.3. The van der Waals surface area contributed by atoms with E-state index in [1.54, 1.807) is 12.1 Å². The number of carbonyl (C=O) groups is 1. The van der Waals surface area contributed by atoms with Gasteiger partial charge in [-0.2, -0.15) is 5.26 Å². The monoisotopic (exact) mass is 259 g/mol. The minimum Gasteiger partial charge on any atom is -0.392 e. The largest absolute Gasteiger partial charge is 0.392 e. The van der Waals surface area contributed by atoms with Crippen LogP contribution >= 0.6 is 0 Å². The Morgan fingerprint density at radius 2 is 2.21 bits per heavy atom. The van der Waals surface area contributed by atoms with Crippen molar-refractivity contribution in [2.24, 2.45) is 0 Å². The second kappa shape index (κ2) is 5.83. The number of aliphatic hydroxyl groups is 1. The Hall–Kier alpha value is -1.90. The highest BCUT2D eigenvalue weighted by molar-refractivity contribution is 5.82. The minimum absolute atomic E-state index is 0.103. The predicted molar refractivity (Wildman–Crippen MR) is 70.1 cm³/mol. The zero-order chi connectivity index (χ0) is 13.8. The van der Waals surface area contributed by atoms with Crippen LogP contribution in [0.1, 0.15) is 30.5 Å². The Balaban J connectivity index is 1.94. The quantitative estimate of drug-likeness (QED) is 0.736. The second-order valence-electron chi connectivity index (χ2n) is 4.81. The van der Waals surface area contributed by atoms with Gasteiger partial charge in [0.1, 0.15) is 0 Å². The number of rotatable bonds is 3. The SMILES string of the molecule is C[C@H](NC(=O)[C@@H]1C[C@@H](O)CN1)c1ccc(C#N)cc1. The Morgan fingerprint density at radius 1 is 1.53 bits per heavy atom. The Bertz CT molecular complexity index is 492. The van der Waals surface area contributed by atoms with Crippen molar-refractivity contribution in [1.82, 2.24) is 10.6 Å². The first-order valence-corrected chi connectivity index (χ1v) is 6.32. The summed E-state index contributed by atoms with van der Waals surface area (Å²) < 4.78 is 0. The lowest BCUT2D eigenvalue weighted by atomic mass is 10.1. The van der Waals surface area contributed by atoms with Gasteiger partial charge in [-0.3, -0.25) is 4.79 Å². The molecule has 0 spiro atoms. The number of hydrogen-bond donors (Lipinski definition) is 3. The lowest BCUT2D eigenvalue weighted by Crippen LogP contribution is -2.41. The molecule has 5 heteroatoms. The van der Waals surface area contributed by atoms with E-state index in [9.17, 15) is 9.90 Å². The Morgan fingerprint density at radius 3 is 2.74 bits per heavy atom. The van der Waals surface area contributed by atoms with Crippen molar-refractivity contribution < 1.29 is 9.90 Å². The summed E-state index contributed by atoms with van der Waals surface area (Å²) >= 11 is 0. The van der Waals surface area contributed by atoms with Crippen LogP contribution in [0.3, 0.4) is 0 Å². The maximum absolute atomic E-state index is 12.0. The van der Waals surface area contributed by atoms with Gasteiger partial charge in [0.25, 0.3) is 0 Å². The summed E-state index contributed by atoms with van der Waals surface area (Å²) in [6.07, 6.45) is 0.00677. The van der Waals surface area contributed by atoms with Gasteiger partial charge in [-0.25, -0.2) is 0 Å². The fourth-order valence-corrected chi connectivity index (χ4v) is 2.16. The molecule has 100 valence electrons. The van der Waals surface area contributed by atoms with E-state index in [1.807, 2.05) is 19.1 Å². The molecule has 5 nitrogen and oxygen atoms in total. The first-order valence-electron chi connectivity index (χ1n) is 6.32. The number of aliphatic hydroxyl groups excluding tert-OH is 1. The van der Waals surface area contributed by atoms with Gasteiger partial charge < -0.3 is 15.7 Å². The van der Waals surface area contributed by atoms with Gasteiger partial charge in [0.15, 0.2) is 0 Å². The van der Waals surface area contributed by atoms with Crippen LogP contribution in [0.15, 0.2) is 24.3 Å². The van der Waals surface area contributed by atoms with E-state index in [1.165, 1.54) is 0 Å². The molecule has 1 saturated heterocycles. The highest BCUT2D eigenvalue weighted by Gasteiger charge is 2.28. The summed E-state index contributed by atoms with van der Waals surface area (Å²) in [5, 5.41) is 24.0. The molecule has 0 radical (unpaired) electrons. The molecule has 1 fully saturated rings. The molecular weight excluding hydrogens is 242 g/mol. The summed E-state index contributed by atoms with van der Waals surface area (Å²) in [5.41, 5.74) is 1.55. The van der Waals surface area contributed by atoms with Gasteiger partial charge in [0.2, 0.25) is 5.91 Å². The molecule has 2 rings (SSSR count). The number of amides is 1. The van der Waals surface area contributed by atoms with Crippen LogP contribution in [0.4, 0.5) is 0 Å². The van der Waals surface area contributed by atoms with Crippen LogP contribution in [0, 0.1) is 11.3 Å². The van der Waals surface area contributed by atoms with Crippen molar-refractivity contribution in [1.29, 1.82) is 5.26 Å². The normalized spacial score (nSPS) is 23.6. The van der Waals surface area contributed by atoms with Gasteiger partial charge in [-0.15, -0.1) is 0 Å². The zero-order valence-corrected chi connectivity index (χ0v) is 10.8. The van der Waals surface area contributed by atoms with Crippen molar-refractivity contribution >= 4 is 5.91 Å². The summed E-state index contributed by atoms with van der Waals surface area (Å²) in [7, 11) is 0. The fraction of sp³-hybridized carbons (Fsp3) is 0.429. The average molecular weight is 259 g/mol. The minimum atomic E-state index is -0.444. The van der Waals surface area contributed by atoms with E-state index in [2.05, 4.69) is 16.7 Å². The lowest BCUT2D eigenvalue weighted by Gasteiger charge is -2.17. The van der Waals surface area contributed by atoms with Gasteiger partial charge >= 0.3 is 0 Å². The molecule has 1 aromatic rings. The third kappa shape index (κ3) is 3.31. The van der Waals surface area contributed by atoms with Gasteiger partial charge in [0.05, 0.1) is 29.8 Å². The standard InChI is InChI=1S/C14H17N3O2/c1-9(11-4-2-10(7-15)3-5-11)17-14(19)13-6-12(18)8-16-13/h2-5,9,12-13,16,18H,6,8H2,1H3,(H,17,19)/t9-,12+,13-/m0/s1. The molecule has 3 atom stereocenters. The molecule has 0 aliphatic carbocycles. The number of benzene rings is 1. The third-order valence-corrected chi connectivity index (χ3v) is 3.32. The summed E-state index contributed by atoms with van der Waals surface area (Å²) in [6.45, 7) is 2.36. The fourth-order valence-electron chi connectivity index (χ4n) is 2.16. The van der Waals surface area contributed by atoms with Crippen LogP contribution in [0.2, 0.25) is 0 Å². The molecule has 19 heavy (non-hydrogen) atoms. The van der Waals surface area contributed by atoms with E-state index >= 15 is 0 Å². The topological polar surface area (TPSA) is 85.2 Å². The van der Waals surface area contributed by atoms with E-state index in [0.717, 1.165) is 5.56 Å². The predicted octanol–water partition coefficient (Wildman–Crippen LogP) is 0.458. The maximum atomic E-state index is 12.0. The molecule has 0 aromatic heterocycles. The molecule has 1 amide bonds. The molecular formula is C14H17N3O2. The first-order chi connectivity index (χ1) is 9.10. The molecule has 1 aliphatic heterocycles. The van der Waals surface area contributed by atoms with E-state index in [-0.39, 0.29) is 18.0 Å². The lowest BCUT2D eigenvalue weighted by molar-refractivity contribution is -0.123. The molecule has 0 saturated carbocycles. The van der Waals surface area contributed by atoms with E-state index < -0.39 is 6.10 Å². The van der Waals surface area contributed by atoms with Crippen LogP contribution in [0.25, 0.3) is 0 Å². The Labute approximate surface area is 112 Å². The van der Waals surface area contributed by atoms with Crippen LogP contribution in [-0.4, -0.2) is 29.7 Å². The number of carbonyl (C=O) groups excluding carboxylic acids is 1. The van der Waals surface area contributed by atoms with Crippen molar-refractivity contribution in [3.8, 4) is 6.07 Å². The molecule has 3 N–H and O–H groups in total. The van der Waals surface area contributed by atoms with E-state index in [0.29, 0.717) is 18.5 Å². The van der Waals surface area contributed by atoms with Gasteiger partial charge in [0, 0.05) is 6.54 Å². The molecule has 1 heterocycles. The number of nitriles is 1. The molecule has 1 aliphatic rings. The Kier molecular flexibility index (Phi) is 4.15. The zero-order valence-electron chi connectivity index (χ0n) is 10.8. The molecule has 0 unspecified atom stereocenters. The van der Waals surface area contributed by atoms with Crippen molar-refractivity contribution in [2.75, 3.05) is 6.54 Å². The second-order valence-corrected chi connectivity index (χ2v) is 4.81. The third-order valence-electron chi connectivity index (χ3n) is 3.32. The number of β-amino-alcohol motifs (C(OH)–C–C–N with tert-alkyl or cyclic N) is 1. The molecule has 0 bridgehead atoms. The van der Waals surface area contributed by atoms with Crippen molar-refractivity contribution in [3.05, 3.63) is 35.4 Å².